The van der Waals surface area contributed by atoms with Crippen LogP contribution in [0, 0.1) is 11.8 Å². The summed E-state index contributed by atoms with van der Waals surface area (Å²) in [6.45, 7) is 9.24. The lowest BCUT2D eigenvalue weighted by Crippen LogP contribution is -2.06. The second-order valence-electron chi connectivity index (χ2n) is 9.21. The Hall–Kier alpha value is -2.60. The first kappa shape index (κ1) is 18.4. The van der Waals surface area contributed by atoms with Crippen molar-refractivity contribution >= 4 is 11.1 Å². The SMILES string of the molecule is CCC1=CC=C(c2ccc3c(c2)-c2ccc(C4=CC=C(C(C)C(C)C)C4)cc2-3)C1. The minimum atomic E-state index is 0.655. The summed E-state index contributed by atoms with van der Waals surface area (Å²) in [5, 5.41) is 0. The van der Waals surface area contributed by atoms with Crippen LogP contribution in [0.15, 0.2) is 71.8 Å². The Labute approximate surface area is 175 Å². The molecule has 1 atom stereocenters. The molecular weight excluding hydrogens is 348 g/mol. The van der Waals surface area contributed by atoms with E-state index < -0.39 is 0 Å². The van der Waals surface area contributed by atoms with Crippen LogP contribution in [0.25, 0.3) is 33.4 Å². The summed E-state index contributed by atoms with van der Waals surface area (Å²) in [6.07, 6.45) is 12.7. The van der Waals surface area contributed by atoms with E-state index in [0.29, 0.717) is 11.8 Å². The van der Waals surface area contributed by atoms with Crippen LogP contribution in [-0.2, 0) is 0 Å². The predicted molar refractivity (Wildman–Crippen MR) is 127 cm³/mol. The van der Waals surface area contributed by atoms with Crippen molar-refractivity contribution in [3.05, 3.63) is 83.0 Å². The molecule has 0 nitrogen and oxygen atoms in total. The van der Waals surface area contributed by atoms with Gasteiger partial charge in [0.25, 0.3) is 0 Å². The molecule has 0 saturated heterocycles. The molecule has 0 fully saturated rings. The van der Waals surface area contributed by atoms with E-state index in [1.807, 2.05) is 0 Å². The fourth-order valence-corrected chi connectivity index (χ4v) is 4.85. The maximum Gasteiger partial charge on any atom is -0.00553 e. The van der Waals surface area contributed by atoms with Crippen molar-refractivity contribution < 1.29 is 0 Å². The highest BCUT2D eigenvalue weighted by atomic mass is 14.3. The van der Waals surface area contributed by atoms with Crippen molar-refractivity contribution in [1.82, 2.24) is 0 Å². The summed E-state index contributed by atoms with van der Waals surface area (Å²) < 4.78 is 0. The molecule has 0 radical (unpaired) electrons. The van der Waals surface area contributed by atoms with Gasteiger partial charge in [0.2, 0.25) is 0 Å². The molecule has 5 rings (SSSR count). The summed E-state index contributed by atoms with van der Waals surface area (Å²) in [5.41, 5.74) is 14.5. The molecule has 146 valence electrons. The van der Waals surface area contributed by atoms with Crippen molar-refractivity contribution in [2.24, 2.45) is 11.8 Å². The first-order chi connectivity index (χ1) is 14.0. The standard InChI is InChI=1S/C29H30/c1-5-20-6-7-22(14-20)24-10-12-26-28(16-24)27-13-11-25(17-29(26)27)23-9-8-21(15-23)19(4)18(2)3/h6-13,16-19H,5,14-15H2,1-4H3. The molecule has 2 aromatic carbocycles. The maximum absolute atomic E-state index is 2.41. The first-order valence-corrected chi connectivity index (χ1v) is 11.1. The molecule has 0 heteroatoms. The minimum Gasteiger partial charge on any atom is -0.0661 e. The second kappa shape index (κ2) is 7.02. The van der Waals surface area contributed by atoms with Gasteiger partial charge >= 0.3 is 0 Å². The monoisotopic (exact) mass is 378 g/mol. The topological polar surface area (TPSA) is 0 Å². The van der Waals surface area contributed by atoms with E-state index in [9.17, 15) is 0 Å². The van der Waals surface area contributed by atoms with Crippen LogP contribution in [0.5, 0.6) is 0 Å². The van der Waals surface area contributed by atoms with Gasteiger partial charge in [-0.2, -0.15) is 0 Å². The number of benzene rings is 2. The minimum absolute atomic E-state index is 0.655. The molecule has 29 heavy (non-hydrogen) atoms. The van der Waals surface area contributed by atoms with Gasteiger partial charge < -0.3 is 0 Å². The molecule has 0 saturated carbocycles. The summed E-state index contributed by atoms with van der Waals surface area (Å²) >= 11 is 0. The highest BCUT2D eigenvalue weighted by Gasteiger charge is 2.25. The zero-order chi connectivity index (χ0) is 20.1. The Morgan fingerprint density at radius 2 is 1.28 bits per heavy atom. The summed E-state index contributed by atoms with van der Waals surface area (Å²) in [4.78, 5) is 0. The van der Waals surface area contributed by atoms with E-state index in [2.05, 4.69) is 88.4 Å². The second-order valence-corrected chi connectivity index (χ2v) is 9.21. The number of hydrogen-bond acceptors (Lipinski definition) is 0. The summed E-state index contributed by atoms with van der Waals surface area (Å²) in [7, 11) is 0. The Morgan fingerprint density at radius 1 is 0.690 bits per heavy atom. The molecule has 0 amide bonds. The first-order valence-electron chi connectivity index (χ1n) is 11.1. The molecular formula is C29H30. The van der Waals surface area contributed by atoms with Crippen LogP contribution in [0.2, 0.25) is 0 Å². The van der Waals surface area contributed by atoms with E-state index in [4.69, 9.17) is 0 Å². The highest BCUT2D eigenvalue weighted by Crippen LogP contribution is 2.50. The van der Waals surface area contributed by atoms with Crippen LogP contribution >= 0.6 is 0 Å². The maximum atomic E-state index is 2.41. The highest BCUT2D eigenvalue weighted by molar-refractivity contribution is 6.04. The number of fused-ring (bicyclic) bond motifs is 4. The Kier molecular flexibility index (Phi) is 4.46. The Balaban J connectivity index is 1.35. The number of rotatable bonds is 5. The van der Waals surface area contributed by atoms with Crippen LogP contribution in [0.3, 0.4) is 0 Å². The van der Waals surface area contributed by atoms with Gasteiger partial charge in [-0.05, 0) is 87.8 Å². The predicted octanol–water partition coefficient (Wildman–Crippen LogP) is 8.46. The molecule has 0 bridgehead atoms. The Bertz CT molecular complexity index is 1110. The third-order valence-electron chi connectivity index (χ3n) is 7.23. The van der Waals surface area contributed by atoms with Crippen LogP contribution < -0.4 is 0 Å². The van der Waals surface area contributed by atoms with E-state index in [1.54, 1.807) is 5.57 Å². The molecule has 0 aliphatic heterocycles. The third kappa shape index (κ3) is 3.06. The van der Waals surface area contributed by atoms with Crippen molar-refractivity contribution in [3.8, 4) is 22.3 Å². The molecule has 0 aromatic heterocycles. The van der Waals surface area contributed by atoms with Crippen molar-refractivity contribution in [2.75, 3.05) is 0 Å². The third-order valence-corrected chi connectivity index (χ3v) is 7.23. The summed E-state index contributed by atoms with van der Waals surface area (Å²) in [6, 6.07) is 14.1. The largest absolute Gasteiger partial charge is 0.0661 e. The van der Waals surface area contributed by atoms with Crippen molar-refractivity contribution in [2.45, 2.75) is 47.0 Å². The van der Waals surface area contributed by atoms with E-state index >= 15 is 0 Å². The van der Waals surface area contributed by atoms with Gasteiger partial charge in [-0.1, -0.05) is 87.4 Å². The van der Waals surface area contributed by atoms with Crippen molar-refractivity contribution in [1.29, 1.82) is 0 Å². The van der Waals surface area contributed by atoms with E-state index in [-0.39, 0.29) is 0 Å². The lowest BCUT2D eigenvalue weighted by Gasteiger charge is -2.26. The van der Waals surface area contributed by atoms with Crippen molar-refractivity contribution in [3.63, 3.8) is 0 Å². The number of allylic oxidation sites excluding steroid dienone is 8. The fourth-order valence-electron chi connectivity index (χ4n) is 4.85. The van der Waals surface area contributed by atoms with Gasteiger partial charge in [-0.15, -0.1) is 0 Å². The zero-order valence-electron chi connectivity index (χ0n) is 18.0. The van der Waals surface area contributed by atoms with Gasteiger partial charge in [0.1, 0.15) is 0 Å². The van der Waals surface area contributed by atoms with Gasteiger partial charge in [0.05, 0.1) is 0 Å². The normalized spacial score (nSPS) is 17.8. The van der Waals surface area contributed by atoms with E-state index in [0.717, 1.165) is 19.3 Å². The van der Waals surface area contributed by atoms with E-state index in [1.165, 1.54) is 50.1 Å². The molecule has 2 aromatic rings. The average molecular weight is 379 g/mol. The van der Waals surface area contributed by atoms with Crippen LogP contribution in [0.1, 0.15) is 58.1 Å². The van der Waals surface area contributed by atoms with Gasteiger partial charge in [0, 0.05) is 0 Å². The molecule has 0 N–H and O–H groups in total. The smallest absolute Gasteiger partial charge is 0.00553 e. The summed E-state index contributed by atoms with van der Waals surface area (Å²) in [5.74, 6) is 1.35. The molecule has 3 aliphatic rings. The lowest BCUT2D eigenvalue weighted by atomic mass is 9.77. The fraction of sp³-hybridized carbons (Fsp3) is 0.310. The van der Waals surface area contributed by atoms with Crippen LogP contribution in [-0.4, -0.2) is 0 Å². The number of hydrogen-bond donors (Lipinski definition) is 0. The molecule has 0 heterocycles. The van der Waals surface area contributed by atoms with Crippen LogP contribution in [0.4, 0.5) is 0 Å². The molecule has 1 unspecified atom stereocenters. The molecule has 0 spiro atoms. The molecule has 3 aliphatic carbocycles. The quantitative estimate of drug-likeness (QED) is 0.417. The van der Waals surface area contributed by atoms with Gasteiger partial charge in [-0.25, -0.2) is 0 Å². The zero-order valence-corrected chi connectivity index (χ0v) is 18.0. The Morgan fingerprint density at radius 3 is 1.83 bits per heavy atom. The van der Waals surface area contributed by atoms with Gasteiger partial charge in [-0.3, -0.25) is 0 Å². The lowest BCUT2D eigenvalue weighted by molar-refractivity contribution is 0.476. The average Bonchev–Trinajstić information content (AvgIpc) is 3.40. The van der Waals surface area contributed by atoms with Gasteiger partial charge in [0.15, 0.2) is 0 Å².